The van der Waals surface area contributed by atoms with Gasteiger partial charge in [0.05, 0.1) is 12.2 Å². The molecule has 22 heavy (non-hydrogen) atoms. The van der Waals surface area contributed by atoms with Gasteiger partial charge in [-0.15, -0.1) is 0 Å². The molecule has 0 aliphatic heterocycles. The normalized spacial score (nSPS) is 10.1. The Morgan fingerprint density at radius 3 is 2.64 bits per heavy atom. The second-order valence-corrected chi connectivity index (χ2v) is 4.75. The van der Waals surface area contributed by atoms with E-state index in [4.69, 9.17) is 9.84 Å². The summed E-state index contributed by atoms with van der Waals surface area (Å²) in [6, 6.07) is 11.6. The van der Waals surface area contributed by atoms with Crippen molar-refractivity contribution >= 4 is 17.6 Å². The van der Waals surface area contributed by atoms with Crippen LogP contribution in [0.3, 0.4) is 0 Å². The number of carboxylic acid groups (broad SMARTS) is 1. The van der Waals surface area contributed by atoms with Crippen molar-refractivity contribution in [2.24, 2.45) is 0 Å². The highest BCUT2D eigenvalue weighted by molar-refractivity contribution is 6.05. The number of amides is 1. The summed E-state index contributed by atoms with van der Waals surface area (Å²) in [7, 11) is 0. The Kier molecular flexibility index (Phi) is 4.78. The van der Waals surface area contributed by atoms with Gasteiger partial charge in [0, 0.05) is 11.3 Å². The third-order valence-corrected chi connectivity index (χ3v) is 3.13. The van der Waals surface area contributed by atoms with E-state index in [2.05, 4.69) is 5.32 Å². The lowest BCUT2D eigenvalue weighted by atomic mass is 10.1. The number of nitrogens with one attached hydrogen (secondary N) is 1. The Morgan fingerprint density at radius 1 is 1.18 bits per heavy atom. The standard InChI is InChI=1S/C17H17NO4/c1-3-22-14-6-4-5-12(9-14)16(19)18-13-8-7-11(2)15(10-13)17(20)21/h4-10H,3H2,1-2H3,(H,18,19)(H,20,21). The first-order valence-electron chi connectivity index (χ1n) is 6.89. The first-order chi connectivity index (χ1) is 10.5. The molecule has 0 spiro atoms. The number of rotatable bonds is 5. The third-order valence-electron chi connectivity index (χ3n) is 3.13. The highest BCUT2D eigenvalue weighted by atomic mass is 16.5. The summed E-state index contributed by atoms with van der Waals surface area (Å²) in [6.45, 7) is 4.10. The minimum atomic E-state index is -1.02. The average molecular weight is 299 g/mol. The number of ether oxygens (including phenoxy) is 1. The number of hydrogen-bond acceptors (Lipinski definition) is 3. The lowest BCUT2D eigenvalue weighted by molar-refractivity contribution is 0.0695. The van der Waals surface area contributed by atoms with E-state index < -0.39 is 5.97 Å². The van der Waals surface area contributed by atoms with Crippen LogP contribution in [0.4, 0.5) is 5.69 Å². The van der Waals surface area contributed by atoms with Crippen molar-refractivity contribution in [1.82, 2.24) is 0 Å². The molecule has 114 valence electrons. The van der Waals surface area contributed by atoms with Crippen molar-refractivity contribution in [3.63, 3.8) is 0 Å². The predicted octanol–water partition coefficient (Wildman–Crippen LogP) is 3.34. The summed E-state index contributed by atoms with van der Waals surface area (Å²) < 4.78 is 5.36. The molecular weight excluding hydrogens is 282 g/mol. The molecule has 1 amide bonds. The molecule has 0 fully saturated rings. The van der Waals surface area contributed by atoms with Crippen molar-refractivity contribution in [3.8, 4) is 5.75 Å². The summed E-state index contributed by atoms with van der Waals surface area (Å²) in [4.78, 5) is 23.3. The summed E-state index contributed by atoms with van der Waals surface area (Å²) in [5, 5.41) is 11.8. The van der Waals surface area contributed by atoms with E-state index in [1.165, 1.54) is 6.07 Å². The molecule has 0 aliphatic rings. The Morgan fingerprint density at radius 2 is 1.95 bits per heavy atom. The first-order valence-corrected chi connectivity index (χ1v) is 6.89. The van der Waals surface area contributed by atoms with Gasteiger partial charge in [0.2, 0.25) is 0 Å². The molecule has 2 rings (SSSR count). The summed E-state index contributed by atoms with van der Waals surface area (Å²) in [5.41, 5.74) is 1.70. The number of carbonyl (C=O) groups is 2. The van der Waals surface area contributed by atoms with Crippen molar-refractivity contribution in [2.75, 3.05) is 11.9 Å². The Hall–Kier alpha value is -2.82. The maximum atomic E-state index is 12.2. The molecule has 0 unspecified atom stereocenters. The van der Waals surface area contributed by atoms with E-state index in [9.17, 15) is 9.59 Å². The van der Waals surface area contributed by atoms with Crippen LogP contribution in [0.2, 0.25) is 0 Å². The maximum absolute atomic E-state index is 12.2. The van der Waals surface area contributed by atoms with Gasteiger partial charge in [-0.3, -0.25) is 4.79 Å². The Labute approximate surface area is 128 Å². The molecule has 2 aromatic carbocycles. The van der Waals surface area contributed by atoms with Crippen LogP contribution < -0.4 is 10.1 Å². The predicted molar refractivity (Wildman–Crippen MR) is 83.7 cm³/mol. The summed E-state index contributed by atoms with van der Waals surface area (Å²) in [5.74, 6) is -0.723. The average Bonchev–Trinajstić information content (AvgIpc) is 2.49. The van der Waals surface area contributed by atoms with E-state index in [0.717, 1.165) is 0 Å². The SMILES string of the molecule is CCOc1cccc(C(=O)Nc2ccc(C)c(C(=O)O)c2)c1. The quantitative estimate of drug-likeness (QED) is 0.887. The lowest BCUT2D eigenvalue weighted by Gasteiger charge is -2.09. The first kappa shape index (κ1) is 15.6. The number of carbonyl (C=O) groups excluding carboxylic acids is 1. The zero-order valence-electron chi connectivity index (χ0n) is 12.4. The molecular formula is C17H17NO4. The minimum absolute atomic E-state index is 0.167. The van der Waals surface area contributed by atoms with Gasteiger partial charge < -0.3 is 15.2 Å². The number of aromatic carboxylic acids is 1. The molecule has 0 saturated carbocycles. The molecule has 0 heterocycles. The van der Waals surface area contributed by atoms with Gasteiger partial charge >= 0.3 is 5.97 Å². The van der Waals surface area contributed by atoms with Crippen molar-refractivity contribution in [3.05, 3.63) is 59.2 Å². The smallest absolute Gasteiger partial charge is 0.336 e. The number of carboxylic acids is 1. The van der Waals surface area contributed by atoms with Crippen molar-refractivity contribution in [1.29, 1.82) is 0 Å². The molecule has 0 aromatic heterocycles. The maximum Gasteiger partial charge on any atom is 0.336 e. The highest BCUT2D eigenvalue weighted by Crippen LogP contribution is 2.18. The van der Waals surface area contributed by atoms with Crippen LogP contribution in [0.1, 0.15) is 33.2 Å². The van der Waals surface area contributed by atoms with Crippen LogP contribution >= 0.6 is 0 Å². The molecule has 0 aliphatic carbocycles. The fourth-order valence-electron chi connectivity index (χ4n) is 2.03. The zero-order chi connectivity index (χ0) is 16.1. The Balaban J connectivity index is 2.20. The van der Waals surface area contributed by atoms with Crippen LogP contribution in [0.5, 0.6) is 5.75 Å². The van der Waals surface area contributed by atoms with E-state index in [0.29, 0.717) is 29.2 Å². The van der Waals surface area contributed by atoms with Gasteiger partial charge in [0.15, 0.2) is 0 Å². The molecule has 0 radical (unpaired) electrons. The molecule has 0 bridgehead atoms. The monoisotopic (exact) mass is 299 g/mol. The van der Waals surface area contributed by atoms with Crippen LogP contribution in [-0.4, -0.2) is 23.6 Å². The molecule has 2 aromatic rings. The third kappa shape index (κ3) is 3.63. The zero-order valence-corrected chi connectivity index (χ0v) is 12.4. The van der Waals surface area contributed by atoms with Crippen molar-refractivity contribution < 1.29 is 19.4 Å². The van der Waals surface area contributed by atoms with Crippen LogP contribution in [0.15, 0.2) is 42.5 Å². The van der Waals surface area contributed by atoms with Gasteiger partial charge in [-0.25, -0.2) is 4.79 Å². The van der Waals surface area contributed by atoms with Gasteiger partial charge in [-0.05, 0) is 49.7 Å². The van der Waals surface area contributed by atoms with Gasteiger partial charge in [0.25, 0.3) is 5.91 Å². The molecule has 5 heteroatoms. The molecule has 2 N–H and O–H groups in total. The number of hydrogen-bond donors (Lipinski definition) is 2. The number of aryl methyl sites for hydroxylation is 1. The minimum Gasteiger partial charge on any atom is -0.494 e. The second-order valence-electron chi connectivity index (χ2n) is 4.75. The second kappa shape index (κ2) is 6.76. The Bertz CT molecular complexity index is 710. The molecule has 0 saturated heterocycles. The van der Waals surface area contributed by atoms with Gasteiger partial charge in [0.1, 0.15) is 5.75 Å². The van der Waals surface area contributed by atoms with Crippen LogP contribution in [-0.2, 0) is 0 Å². The van der Waals surface area contributed by atoms with E-state index in [1.54, 1.807) is 43.3 Å². The topological polar surface area (TPSA) is 75.6 Å². The lowest BCUT2D eigenvalue weighted by Crippen LogP contribution is -2.13. The van der Waals surface area contributed by atoms with Gasteiger partial charge in [-0.1, -0.05) is 12.1 Å². The number of benzene rings is 2. The van der Waals surface area contributed by atoms with E-state index in [1.807, 2.05) is 6.92 Å². The molecule has 5 nitrogen and oxygen atoms in total. The summed E-state index contributed by atoms with van der Waals surface area (Å²) >= 11 is 0. The largest absolute Gasteiger partial charge is 0.494 e. The van der Waals surface area contributed by atoms with Crippen LogP contribution in [0.25, 0.3) is 0 Å². The van der Waals surface area contributed by atoms with E-state index in [-0.39, 0.29) is 11.5 Å². The molecule has 0 atom stereocenters. The number of anilines is 1. The highest BCUT2D eigenvalue weighted by Gasteiger charge is 2.11. The van der Waals surface area contributed by atoms with Gasteiger partial charge in [-0.2, -0.15) is 0 Å². The fourth-order valence-corrected chi connectivity index (χ4v) is 2.03. The van der Waals surface area contributed by atoms with Crippen molar-refractivity contribution in [2.45, 2.75) is 13.8 Å². The van der Waals surface area contributed by atoms with Crippen LogP contribution in [0, 0.1) is 6.92 Å². The van der Waals surface area contributed by atoms with E-state index >= 15 is 0 Å². The fraction of sp³-hybridized carbons (Fsp3) is 0.176. The summed E-state index contributed by atoms with van der Waals surface area (Å²) in [6.07, 6.45) is 0.